The Hall–Kier alpha value is -0.960. The van der Waals surface area contributed by atoms with Gasteiger partial charge >= 0.3 is 0 Å². The Morgan fingerprint density at radius 2 is 1.84 bits per heavy atom. The highest BCUT2D eigenvalue weighted by Gasteiger charge is 2.65. The van der Waals surface area contributed by atoms with Gasteiger partial charge in [0.05, 0.1) is 0 Å². The minimum absolute atomic E-state index is 0.0459. The summed E-state index contributed by atoms with van der Waals surface area (Å²) in [4.78, 5) is 24.5. The number of ketones is 2. The highest BCUT2D eigenvalue weighted by molar-refractivity contribution is 5.93. The van der Waals surface area contributed by atoms with Crippen LogP contribution in [0.25, 0.3) is 0 Å². The Morgan fingerprint density at radius 3 is 2.52 bits per heavy atom. The zero-order valence-corrected chi connectivity index (χ0v) is 16.1. The van der Waals surface area contributed by atoms with Gasteiger partial charge in [-0.15, -0.1) is 0 Å². The molecule has 0 amide bonds. The van der Waals surface area contributed by atoms with Crippen molar-refractivity contribution in [3.8, 4) is 0 Å². The first kappa shape index (κ1) is 17.5. The number of allylic oxidation sites excluding steroid dienone is 1. The van der Waals surface area contributed by atoms with Crippen molar-refractivity contribution in [1.82, 2.24) is 0 Å². The van der Waals surface area contributed by atoms with Crippen LogP contribution >= 0.6 is 0 Å². The lowest BCUT2D eigenvalue weighted by Crippen LogP contribution is -2.57. The molecule has 4 rings (SSSR count). The molecule has 4 aliphatic carbocycles. The van der Waals surface area contributed by atoms with E-state index in [-0.39, 0.29) is 22.5 Å². The van der Waals surface area contributed by atoms with Crippen LogP contribution in [0.4, 0.5) is 0 Å². The van der Waals surface area contributed by atoms with Crippen LogP contribution in [-0.2, 0) is 9.59 Å². The van der Waals surface area contributed by atoms with Crippen molar-refractivity contribution in [1.29, 1.82) is 0 Å². The number of fused-ring (bicyclic) bond motifs is 5. The van der Waals surface area contributed by atoms with Crippen LogP contribution < -0.4 is 0 Å². The number of aliphatic hydroxyl groups is 1. The molecule has 4 aliphatic rings. The highest BCUT2D eigenvalue weighted by Crippen LogP contribution is 2.67. The van der Waals surface area contributed by atoms with Crippen LogP contribution in [0.1, 0.15) is 72.6 Å². The van der Waals surface area contributed by atoms with E-state index in [0.29, 0.717) is 30.0 Å². The van der Waals surface area contributed by atoms with Crippen LogP contribution in [0.15, 0.2) is 11.6 Å². The van der Waals surface area contributed by atoms with Gasteiger partial charge in [0, 0.05) is 11.3 Å². The third-order valence-corrected chi connectivity index (χ3v) is 9.00. The Morgan fingerprint density at radius 1 is 1.16 bits per heavy atom. The molecular weight excluding hydrogens is 312 g/mol. The predicted molar refractivity (Wildman–Crippen MR) is 96.9 cm³/mol. The number of hydrogen-bond donors (Lipinski definition) is 1. The maximum absolute atomic E-state index is 12.3. The molecule has 1 N–H and O–H groups in total. The minimum Gasteiger partial charge on any atom is -0.382 e. The predicted octanol–water partition coefficient (Wildman–Crippen LogP) is 4.08. The van der Waals surface area contributed by atoms with Crippen molar-refractivity contribution in [3.05, 3.63) is 11.6 Å². The number of carbonyl (C=O) groups excluding carboxylic acids is 2. The smallest absolute Gasteiger partial charge is 0.161 e. The zero-order valence-electron chi connectivity index (χ0n) is 16.1. The van der Waals surface area contributed by atoms with Crippen molar-refractivity contribution < 1.29 is 14.7 Å². The van der Waals surface area contributed by atoms with E-state index in [4.69, 9.17) is 0 Å². The first-order chi connectivity index (χ1) is 11.6. The molecule has 3 fully saturated rings. The van der Waals surface area contributed by atoms with Gasteiger partial charge in [0.2, 0.25) is 0 Å². The molecule has 0 saturated heterocycles. The largest absolute Gasteiger partial charge is 0.382 e. The first-order valence-corrected chi connectivity index (χ1v) is 10.1. The summed E-state index contributed by atoms with van der Waals surface area (Å²) in [5.41, 5.74) is 0.109. The molecule has 0 spiro atoms. The first-order valence-electron chi connectivity index (χ1n) is 10.1. The van der Waals surface area contributed by atoms with E-state index in [1.165, 1.54) is 5.57 Å². The van der Waals surface area contributed by atoms with E-state index in [0.717, 1.165) is 38.5 Å². The van der Waals surface area contributed by atoms with E-state index in [2.05, 4.69) is 20.8 Å². The van der Waals surface area contributed by atoms with Crippen molar-refractivity contribution in [2.24, 2.45) is 34.5 Å². The van der Waals surface area contributed by atoms with Gasteiger partial charge in [-0.05, 0) is 81.1 Å². The summed E-state index contributed by atoms with van der Waals surface area (Å²) in [6.07, 6.45) is 8.65. The molecule has 0 aliphatic heterocycles. The van der Waals surface area contributed by atoms with Gasteiger partial charge in [0.15, 0.2) is 11.6 Å². The molecule has 0 radical (unpaired) electrons. The van der Waals surface area contributed by atoms with Crippen molar-refractivity contribution in [2.45, 2.75) is 78.2 Å². The van der Waals surface area contributed by atoms with Crippen molar-refractivity contribution >= 4 is 11.6 Å². The average Bonchev–Trinajstić information content (AvgIpc) is 2.82. The molecule has 25 heavy (non-hydrogen) atoms. The fraction of sp³-hybridized carbons (Fsp3) is 0.818. The van der Waals surface area contributed by atoms with E-state index in [1.807, 2.05) is 6.08 Å². The third-order valence-electron chi connectivity index (χ3n) is 9.00. The molecule has 0 unspecified atom stereocenters. The number of rotatable bonds is 1. The van der Waals surface area contributed by atoms with Gasteiger partial charge in [-0.1, -0.05) is 26.3 Å². The highest BCUT2D eigenvalue weighted by atomic mass is 16.3. The average molecular weight is 344 g/mol. The van der Waals surface area contributed by atoms with Gasteiger partial charge in [0.25, 0.3) is 0 Å². The standard InChI is InChI=1S/C22H32O3/c1-13-12-20(3)15(11-19(13)24)5-6-16-17(20)7-9-21(4)18(16)8-10-22(21,25)14(2)23/h11,13,16-18,25H,5-10,12H2,1-4H3/t13-,16-,17+,18+,20+,21+,22+/m1/s1. The zero-order chi connectivity index (χ0) is 18.2. The second-order valence-electron chi connectivity index (χ2n) is 9.92. The molecule has 3 nitrogen and oxygen atoms in total. The van der Waals surface area contributed by atoms with Crippen molar-refractivity contribution in [3.63, 3.8) is 0 Å². The van der Waals surface area contributed by atoms with Crippen LogP contribution in [0.3, 0.4) is 0 Å². The topological polar surface area (TPSA) is 54.4 Å². The second kappa shape index (κ2) is 5.28. The number of carbonyl (C=O) groups is 2. The Kier molecular flexibility index (Phi) is 3.69. The summed E-state index contributed by atoms with van der Waals surface area (Å²) in [5, 5.41) is 11.2. The van der Waals surface area contributed by atoms with E-state index >= 15 is 0 Å². The SMILES string of the molecule is CC(=O)[C@@]1(O)CC[C@H]2[C@@H]3CCC4=CC(=O)[C@H](C)C[C@]4(C)[C@H]3CC[C@@]21C. The quantitative estimate of drug-likeness (QED) is 0.779. The summed E-state index contributed by atoms with van der Waals surface area (Å²) in [6, 6.07) is 0. The van der Waals surface area contributed by atoms with Crippen molar-refractivity contribution in [2.75, 3.05) is 0 Å². The Labute approximate surface area is 151 Å². The molecule has 0 aromatic carbocycles. The number of hydrogen-bond acceptors (Lipinski definition) is 3. The molecule has 0 heterocycles. The summed E-state index contributed by atoms with van der Waals surface area (Å²) in [5.74, 6) is 1.99. The fourth-order valence-corrected chi connectivity index (χ4v) is 7.49. The van der Waals surface area contributed by atoms with E-state index < -0.39 is 5.60 Å². The molecule has 3 saturated carbocycles. The summed E-state index contributed by atoms with van der Waals surface area (Å²) < 4.78 is 0. The van der Waals surface area contributed by atoms with Crippen LogP contribution in [0.2, 0.25) is 0 Å². The van der Waals surface area contributed by atoms with Gasteiger partial charge in [-0.3, -0.25) is 9.59 Å². The second-order valence-corrected chi connectivity index (χ2v) is 9.92. The molecule has 0 aromatic rings. The maximum Gasteiger partial charge on any atom is 0.161 e. The van der Waals surface area contributed by atoms with Gasteiger partial charge in [0.1, 0.15) is 5.60 Å². The lowest BCUT2D eigenvalue weighted by Gasteiger charge is -2.59. The molecule has 0 bridgehead atoms. The van der Waals surface area contributed by atoms with Gasteiger partial charge in [-0.25, -0.2) is 0 Å². The lowest BCUT2D eigenvalue weighted by atomic mass is 9.45. The summed E-state index contributed by atoms with van der Waals surface area (Å²) in [7, 11) is 0. The maximum atomic E-state index is 12.3. The number of Topliss-reactive ketones (excluding diaryl/α,β-unsaturated/α-hetero) is 1. The van der Waals surface area contributed by atoms with E-state index in [1.54, 1.807) is 6.92 Å². The van der Waals surface area contributed by atoms with Gasteiger partial charge < -0.3 is 5.11 Å². The van der Waals surface area contributed by atoms with Crippen LogP contribution in [0.5, 0.6) is 0 Å². The fourth-order valence-electron chi connectivity index (χ4n) is 7.49. The summed E-state index contributed by atoms with van der Waals surface area (Å²) >= 11 is 0. The molecule has 7 atom stereocenters. The lowest BCUT2D eigenvalue weighted by molar-refractivity contribution is -0.160. The normalized spacial score (nSPS) is 52.0. The Balaban J connectivity index is 1.70. The Bertz CT molecular complexity index is 664. The molecular formula is C22H32O3. The van der Waals surface area contributed by atoms with Gasteiger partial charge in [-0.2, -0.15) is 0 Å². The monoisotopic (exact) mass is 344 g/mol. The molecule has 138 valence electrons. The molecule has 0 aromatic heterocycles. The van der Waals surface area contributed by atoms with E-state index in [9.17, 15) is 14.7 Å². The molecule has 3 heteroatoms. The third kappa shape index (κ3) is 2.08. The minimum atomic E-state index is -1.13. The summed E-state index contributed by atoms with van der Waals surface area (Å²) in [6.45, 7) is 8.19. The van der Waals surface area contributed by atoms with Crippen LogP contribution in [-0.4, -0.2) is 22.3 Å². The van der Waals surface area contributed by atoms with Crippen LogP contribution in [0, 0.1) is 34.5 Å².